The summed E-state index contributed by atoms with van der Waals surface area (Å²) in [6.45, 7) is 0. The predicted octanol–water partition coefficient (Wildman–Crippen LogP) is 3.75. The Morgan fingerprint density at radius 3 is 2.24 bits per heavy atom. The van der Waals surface area contributed by atoms with E-state index in [4.69, 9.17) is 4.42 Å². The van der Waals surface area contributed by atoms with Gasteiger partial charge in [-0.05, 0) is 29.8 Å². The van der Waals surface area contributed by atoms with E-state index >= 15 is 0 Å². The van der Waals surface area contributed by atoms with Crippen molar-refractivity contribution in [1.29, 1.82) is 0 Å². The van der Waals surface area contributed by atoms with Crippen LogP contribution in [0.15, 0.2) is 70.0 Å². The Labute approximate surface area is 164 Å². The SMILES string of the molecule is COC(=O)N(c1cc(-c2ccc(F)cc2)c(C(=O)O)o1)S(=O)(=O)c1ccccc1. The first-order valence-electron chi connectivity index (χ1n) is 8.07. The highest BCUT2D eigenvalue weighted by molar-refractivity contribution is 7.93. The monoisotopic (exact) mass is 419 g/mol. The molecule has 0 aliphatic rings. The topological polar surface area (TPSA) is 114 Å². The summed E-state index contributed by atoms with van der Waals surface area (Å²) in [5, 5.41) is 9.44. The van der Waals surface area contributed by atoms with Crippen molar-refractivity contribution < 1.29 is 36.7 Å². The second-order valence-electron chi connectivity index (χ2n) is 5.69. The molecule has 0 bridgehead atoms. The summed E-state index contributed by atoms with van der Waals surface area (Å²) in [6.07, 6.45) is -1.30. The third kappa shape index (κ3) is 3.83. The molecule has 0 saturated carbocycles. The van der Waals surface area contributed by atoms with Gasteiger partial charge in [-0.15, -0.1) is 4.31 Å². The zero-order valence-corrected chi connectivity index (χ0v) is 15.7. The molecule has 0 unspecified atom stereocenters. The Morgan fingerprint density at radius 2 is 1.69 bits per heavy atom. The molecular formula is C19H14FNO7S. The number of amides is 1. The molecule has 3 rings (SSSR count). The van der Waals surface area contributed by atoms with Gasteiger partial charge in [0.25, 0.3) is 10.0 Å². The number of carbonyl (C=O) groups excluding carboxylic acids is 1. The number of ether oxygens (including phenoxy) is 1. The number of methoxy groups -OCH3 is 1. The van der Waals surface area contributed by atoms with E-state index in [2.05, 4.69) is 4.74 Å². The second-order valence-corrected chi connectivity index (χ2v) is 7.48. The smallest absolute Gasteiger partial charge is 0.430 e. The van der Waals surface area contributed by atoms with Crippen molar-refractivity contribution in [2.75, 3.05) is 11.4 Å². The second kappa shape index (κ2) is 7.76. The number of carbonyl (C=O) groups is 2. The molecule has 29 heavy (non-hydrogen) atoms. The summed E-state index contributed by atoms with van der Waals surface area (Å²) >= 11 is 0. The molecule has 1 aromatic heterocycles. The van der Waals surface area contributed by atoms with Crippen LogP contribution >= 0.6 is 0 Å². The van der Waals surface area contributed by atoms with Crippen molar-refractivity contribution >= 4 is 28.0 Å². The van der Waals surface area contributed by atoms with Crippen molar-refractivity contribution in [2.24, 2.45) is 0 Å². The van der Waals surface area contributed by atoms with Crippen molar-refractivity contribution in [1.82, 2.24) is 0 Å². The standard InChI is InChI=1S/C19H14FNO7S/c1-27-19(24)21(29(25,26)14-5-3-2-4-6-14)16-11-15(17(28-16)18(22)23)12-7-9-13(20)10-8-12/h2-11H,1H3,(H,22,23). The molecule has 0 saturated heterocycles. The lowest BCUT2D eigenvalue weighted by Gasteiger charge is -2.18. The van der Waals surface area contributed by atoms with Gasteiger partial charge in [-0.3, -0.25) is 0 Å². The lowest BCUT2D eigenvalue weighted by Crippen LogP contribution is -2.36. The molecule has 1 amide bonds. The maximum Gasteiger partial charge on any atom is 0.430 e. The molecule has 2 aromatic carbocycles. The fourth-order valence-electron chi connectivity index (χ4n) is 2.57. The number of carboxylic acid groups (broad SMARTS) is 1. The Morgan fingerprint density at radius 1 is 1.07 bits per heavy atom. The van der Waals surface area contributed by atoms with Crippen molar-refractivity contribution in [3.63, 3.8) is 0 Å². The molecular weight excluding hydrogens is 405 g/mol. The Hall–Kier alpha value is -3.66. The van der Waals surface area contributed by atoms with Gasteiger partial charge in [0.15, 0.2) is 0 Å². The van der Waals surface area contributed by atoms with Crippen molar-refractivity contribution in [3.05, 3.63) is 72.2 Å². The summed E-state index contributed by atoms with van der Waals surface area (Å²) < 4.78 is 49.1. The van der Waals surface area contributed by atoms with Gasteiger partial charge in [-0.1, -0.05) is 30.3 Å². The summed E-state index contributed by atoms with van der Waals surface area (Å²) in [6, 6.07) is 12.9. The van der Waals surface area contributed by atoms with Crippen LogP contribution in [0.3, 0.4) is 0 Å². The van der Waals surface area contributed by atoms with Gasteiger partial charge in [0, 0.05) is 11.6 Å². The molecule has 3 aromatic rings. The normalized spacial score (nSPS) is 11.1. The average molecular weight is 419 g/mol. The molecule has 0 atom stereocenters. The molecule has 10 heteroatoms. The first kappa shape index (κ1) is 20.1. The van der Waals surface area contributed by atoms with Gasteiger partial charge in [0.1, 0.15) is 5.82 Å². The highest BCUT2D eigenvalue weighted by atomic mass is 32.2. The third-order valence-corrected chi connectivity index (χ3v) is 5.57. The quantitative estimate of drug-likeness (QED) is 0.670. The van der Waals surface area contributed by atoms with Crippen LogP contribution in [0.4, 0.5) is 15.1 Å². The van der Waals surface area contributed by atoms with Crippen LogP contribution in [0, 0.1) is 5.82 Å². The largest absolute Gasteiger partial charge is 0.475 e. The zero-order chi connectivity index (χ0) is 21.2. The molecule has 0 radical (unpaired) electrons. The van der Waals surface area contributed by atoms with E-state index in [-0.39, 0.29) is 20.3 Å². The average Bonchev–Trinajstić information content (AvgIpc) is 3.14. The first-order chi connectivity index (χ1) is 13.8. The minimum atomic E-state index is -4.47. The highest BCUT2D eigenvalue weighted by Crippen LogP contribution is 2.35. The number of nitrogens with zero attached hydrogens (tertiary/aromatic N) is 1. The van der Waals surface area contributed by atoms with Crippen LogP contribution < -0.4 is 4.31 Å². The summed E-state index contributed by atoms with van der Waals surface area (Å²) in [4.78, 5) is 23.6. The van der Waals surface area contributed by atoms with E-state index in [1.54, 1.807) is 6.07 Å². The van der Waals surface area contributed by atoms with Gasteiger partial charge >= 0.3 is 12.1 Å². The number of halogens is 1. The number of hydrogen-bond acceptors (Lipinski definition) is 6. The van der Waals surface area contributed by atoms with Crippen LogP contribution in [0.1, 0.15) is 10.6 Å². The molecule has 1 heterocycles. The lowest BCUT2D eigenvalue weighted by molar-refractivity contribution is 0.0664. The fraction of sp³-hybridized carbons (Fsp3) is 0.0526. The number of aromatic carboxylic acids is 1. The van der Waals surface area contributed by atoms with Gasteiger partial charge in [-0.25, -0.2) is 22.4 Å². The Bertz CT molecular complexity index is 1160. The minimum absolute atomic E-state index is 0.0373. The van der Waals surface area contributed by atoms with E-state index in [1.165, 1.54) is 36.4 Å². The molecule has 1 N–H and O–H groups in total. The Kier molecular flexibility index (Phi) is 5.37. The van der Waals surface area contributed by atoms with Gasteiger partial charge in [-0.2, -0.15) is 0 Å². The predicted molar refractivity (Wildman–Crippen MR) is 99.6 cm³/mol. The van der Waals surface area contributed by atoms with Crippen molar-refractivity contribution in [3.8, 4) is 11.1 Å². The van der Waals surface area contributed by atoms with Gasteiger partial charge in [0.05, 0.1) is 12.0 Å². The van der Waals surface area contributed by atoms with E-state index in [0.29, 0.717) is 0 Å². The van der Waals surface area contributed by atoms with Crippen LogP contribution in [-0.2, 0) is 14.8 Å². The molecule has 0 spiro atoms. The third-order valence-electron chi connectivity index (χ3n) is 3.89. The van der Waals surface area contributed by atoms with Crippen molar-refractivity contribution in [2.45, 2.75) is 4.90 Å². The summed E-state index contributed by atoms with van der Waals surface area (Å²) in [7, 11) is -3.50. The first-order valence-corrected chi connectivity index (χ1v) is 9.51. The minimum Gasteiger partial charge on any atom is -0.475 e. The molecule has 8 nitrogen and oxygen atoms in total. The summed E-state index contributed by atoms with van der Waals surface area (Å²) in [5.41, 5.74) is 0.213. The van der Waals surface area contributed by atoms with Crippen LogP contribution in [0.25, 0.3) is 11.1 Å². The number of carboxylic acids is 1. The highest BCUT2D eigenvalue weighted by Gasteiger charge is 2.36. The molecule has 0 aliphatic carbocycles. The van der Waals surface area contributed by atoms with E-state index in [0.717, 1.165) is 25.3 Å². The molecule has 150 valence electrons. The molecule has 0 fully saturated rings. The van der Waals surface area contributed by atoms with E-state index < -0.39 is 39.5 Å². The number of sulfonamides is 1. The Balaban J connectivity index is 2.20. The maximum absolute atomic E-state index is 13.2. The van der Waals surface area contributed by atoms with Crippen LogP contribution in [0.2, 0.25) is 0 Å². The van der Waals surface area contributed by atoms with Gasteiger partial charge < -0.3 is 14.3 Å². The number of rotatable bonds is 5. The number of hydrogen-bond donors (Lipinski definition) is 1. The van der Waals surface area contributed by atoms with E-state index in [9.17, 15) is 27.5 Å². The zero-order valence-electron chi connectivity index (χ0n) is 14.9. The lowest BCUT2D eigenvalue weighted by atomic mass is 10.1. The number of anilines is 1. The molecule has 0 aliphatic heterocycles. The van der Waals surface area contributed by atoms with Gasteiger partial charge in [0.2, 0.25) is 11.6 Å². The maximum atomic E-state index is 13.2. The number of furan rings is 1. The fourth-order valence-corrected chi connectivity index (χ4v) is 3.88. The van der Waals surface area contributed by atoms with Crippen LogP contribution in [0.5, 0.6) is 0 Å². The summed E-state index contributed by atoms with van der Waals surface area (Å²) in [5.74, 6) is -3.25. The number of benzene rings is 2. The van der Waals surface area contributed by atoms with Crippen LogP contribution in [-0.4, -0.2) is 32.7 Å². The van der Waals surface area contributed by atoms with E-state index in [1.807, 2.05) is 0 Å².